The second-order valence-electron chi connectivity index (χ2n) is 9.37. The first kappa shape index (κ1) is 18.8. The molecule has 1 aliphatic heterocycles. The van der Waals surface area contributed by atoms with Crippen molar-refractivity contribution in [2.45, 2.75) is 0 Å². The van der Waals surface area contributed by atoms with Crippen molar-refractivity contribution in [3.63, 3.8) is 0 Å². The number of para-hydroxylation sites is 1. The third-order valence-electron chi connectivity index (χ3n) is 7.37. The third-order valence-corrected chi connectivity index (χ3v) is 7.37. The van der Waals surface area contributed by atoms with Gasteiger partial charge in [-0.1, -0.05) is 84.9 Å². The lowest BCUT2D eigenvalue weighted by molar-refractivity contribution is 0.487. The quantitative estimate of drug-likeness (QED) is 0.181. The molecule has 0 unspecified atom stereocenters. The summed E-state index contributed by atoms with van der Waals surface area (Å²) in [6.07, 6.45) is 0. The monoisotopic (exact) mass is 444 g/mol. The van der Waals surface area contributed by atoms with Crippen LogP contribution in [0.5, 0.6) is 11.5 Å². The largest absolute Gasteiger partial charge is 0.456 e. The van der Waals surface area contributed by atoms with Crippen molar-refractivity contribution in [3.05, 3.63) is 121 Å². The standard InChI is InChI=1S/C34H20O/c1-2-9-22-18-30-24(16-21(22)8-1)19-31(27-12-4-3-11-26(27)30)25-17-23-10-7-14-29-28-13-5-6-15-32(28)35-33(20-25)34(23)29/h1-20H. The second-order valence-corrected chi connectivity index (χ2v) is 9.37. The van der Waals surface area contributed by atoms with Gasteiger partial charge in [0.15, 0.2) is 0 Å². The predicted molar refractivity (Wildman–Crippen MR) is 147 cm³/mol. The summed E-state index contributed by atoms with van der Waals surface area (Å²) < 4.78 is 6.47. The Bertz CT molecular complexity index is 1980. The van der Waals surface area contributed by atoms with Crippen LogP contribution in [0.1, 0.15) is 0 Å². The van der Waals surface area contributed by atoms with Crippen molar-refractivity contribution in [1.82, 2.24) is 0 Å². The lowest BCUT2D eigenvalue weighted by Crippen LogP contribution is -1.97. The fourth-order valence-corrected chi connectivity index (χ4v) is 5.78. The molecule has 7 aromatic carbocycles. The lowest BCUT2D eigenvalue weighted by atomic mass is 9.89. The van der Waals surface area contributed by atoms with Crippen LogP contribution in [0, 0.1) is 0 Å². The molecule has 0 radical (unpaired) electrons. The van der Waals surface area contributed by atoms with Gasteiger partial charge in [-0.2, -0.15) is 0 Å². The fourth-order valence-electron chi connectivity index (χ4n) is 5.78. The molecule has 0 aliphatic carbocycles. The molecule has 0 bridgehead atoms. The molecule has 1 heteroatoms. The van der Waals surface area contributed by atoms with Crippen molar-refractivity contribution in [2.75, 3.05) is 0 Å². The van der Waals surface area contributed by atoms with Crippen LogP contribution in [-0.2, 0) is 0 Å². The summed E-state index contributed by atoms with van der Waals surface area (Å²) in [6, 6.07) is 43.7. The number of benzene rings is 7. The Hall–Kier alpha value is -4.62. The highest BCUT2D eigenvalue weighted by molar-refractivity contribution is 6.17. The Morgan fingerprint density at radius 1 is 0.371 bits per heavy atom. The zero-order valence-corrected chi connectivity index (χ0v) is 19.0. The minimum atomic E-state index is 0.916. The van der Waals surface area contributed by atoms with E-state index in [1.165, 1.54) is 59.8 Å². The number of fused-ring (bicyclic) bond motifs is 6. The summed E-state index contributed by atoms with van der Waals surface area (Å²) in [4.78, 5) is 0. The molecule has 1 heterocycles. The first-order chi connectivity index (χ1) is 17.3. The van der Waals surface area contributed by atoms with Crippen LogP contribution < -0.4 is 4.74 Å². The van der Waals surface area contributed by atoms with Crippen LogP contribution in [0.4, 0.5) is 0 Å². The minimum Gasteiger partial charge on any atom is -0.456 e. The number of hydrogen-bond acceptors (Lipinski definition) is 1. The highest BCUT2D eigenvalue weighted by atomic mass is 16.5. The SMILES string of the molecule is c1ccc2c(c1)Oc1cc(-c3cc4cc5ccccc5cc4c4ccccc34)cc3cccc-2c13. The van der Waals surface area contributed by atoms with E-state index in [1.54, 1.807) is 0 Å². The summed E-state index contributed by atoms with van der Waals surface area (Å²) in [5.74, 6) is 1.84. The Labute approximate surface area is 202 Å². The van der Waals surface area contributed by atoms with E-state index in [1.807, 2.05) is 6.07 Å². The van der Waals surface area contributed by atoms with Crippen molar-refractivity contribution in [1.29, 1.82) is 0 Å². The van der Waals surface area contributed by atoms with Crippen molar-refractivity contribution < 1.29 is 4.74 Å². The van der Waals surface area contributed by atoms with Gasteiger partial charge in [0.05, 0.1) is 0 Å². The Balaban J connectivity index is 1.45. The fraction of sp³-hybridized carbons (Fsp3) is 0. The van der Waals surface area contributed by atoms with E-state index < -0.39 is 0 Å². The maximum absolute atomic E-state index is 6.47. The Kier molecular flexibility index (Phi) is 3.72. The van der Waals surface area contributed by atoms with Crippen LogP contribution in [0.15, 0.2) is 121 Å². The number of hydrogen-bond donors (Lipinski definition) is 0. The average Bonchev–Trinajstić information content (AvgIpc) is 2.91. The highest BCUT2D eigenvalue weighted by Gasteiger charge is 2.21. The summed E-state index contributed by atoms with van der Waals surface area (Å²) in [5, 5.41) is 10.0. The van der Waals surface area contributed by atoms with Gasteiger partial charge in [-0.3, -0.25) is 0 Å². The zero-order chi connectivity index (χ0) is 22.9. The molecule has 162 valence electrons. The zero-order valence-electron chi connectivity index (χ0n) is 19.0. The molecular formula is C34H20O. The molecule has 1 aliphatic rings. The van der Waals surface area contributed by atoms with Crippen LogP contribution >= 0.6 is 0 Å². The van der Waals surface area contributed by atoms with E-state index in [9.17, 15) is 0 Å². The van der Waals surface area contributed by atoms with Gasteiger partial charge in [0.25, 0.3) is 0 Å². The van der Waals surface area contributed by atoms with E-state index in [4.69, 9.17) is 4.74 Å². The highest BCUT2D eigenvalue weighted by Crippen LogP contribution is 2.48. The van der Waals surface area contributed by atoms with Gasteiger partial charge in [-0.05, 0) is 90.8 Å². The average molecular weight is 445 g/mol. The van der Waals surface area contributed by atoms with Crippen LogP contribution in [0.2, 0.25) is 0 Å². The van der Waals surface area contributed by atoms with E-state index >= 15 is 0 Å². The molecule has 0 saturated carbocycles. The number of ether oxygens (including phenoxy) is 1. The van der Waals surface area contributed by atoms with E-state index in [0.29, 0.717) is 0 Å². The smallest absolute Gasteiger partial charge is 0.136 e. The first-order valence-corrected chi connectivity index (χ1v) is 12.0. The van der Waals surface area contributed by atoms with E-state index in [-0.39, 0.29) is 0 Å². The second kappa shape index (κ2) is 6.94. The molecule has 35 heavy (non-hydrogen) atoms. The van der Waals surface area contributed by atoms with Gasteiger partial charge in [-0.25, -0.2) is 0 Å². The molecule has 0 fully saturated rings. The van der Waals surface area contributed by atoms with Gasteiger partial charge in [-0.15, -0.1) is 0 Å². The van der Waals surface area contributed by atoms with Gasteiger partial charge in [0.2, 0.25) is 0 Å². The molecular weight excluding hydrogens is 424 g/mol. The van der Waals surface area contributed by atoms with Gasteiger partial charge in [0, 0.05) is 10.9 Å². The normalized spacial score (nSPS) is 12.2. The molecule has 0 aromatic heterocycles. The summed E-state index contributed by atoms with van der Waals surface area (Å²) in [6.45, 7) is 0. The van der Waals surface area contributed by atoms with Crippen LogP contribution in [0.25, 0.3) is 65.3 Å². The van der Waals surface area contributed by atoms with Gasteiger partial charge >= 0.3 is 0 Å². The molecule has 1 nitrogen and oxygen atoms in total. The van der Waals surface area contributed by atoms with Gasteiger partial charge < -0.3 is 4.74 Å². The van der Waals surface area contributed by atoms with Crippen LogP contribution in [0.3, 0.4) is 0 Å². The Morgan fingerprint density at radius 3 is 2.00 bits per heavy atom. The lowest BCUT2D eigenvalue weighted by Gasteiger charge is -2.22. The summed E-state index contributed by atoms with van der Waals surface area (Å²) in [5.41, 5.74) is 4.80. The minimum absolute atomic E-state index is 0.916. The van der Waals surface area contributed by atoms with E-state index in [2.05, 4.69) is 115 Å². The van der Waals surface area contributed by atoms with Crippen molar-refractivity contribution >= 4 is 43.1 Å². The molecule has 0 N–H and O–H groups in total. The molecule has 0 atom stereocenters. The van der Waals surface area contributed by atoms with Crippen LogP contribution in [-0.4, -0.2) is 0 Å². The maximum Gasteiger partial charge on any atom is 0.136 e. The predicted octanol–water partition coefficient (Wildman–Crippen LogP) is 9.74. The first-order valence-electron chi connectivity index (χ1n) is 12.0. The Morgan fingerprint density at radius 2 is 1.09 bits per heavy atom. The number of rotatable bonds is 1. The topological polar surface area (TPSA) is 9.23 Å². The van der Waals surface area contributed by atoms with Gasteiger partial charge in [0.1, 0.15) is 11.5 Å². The van der Waals surface area contributed by atoms with Crippen molar-refractivity contribution in [3.8, 4) is 33.8 Å². The maximum atomic E-state index is 6.47. The molecule has 8 rings (SSSR count). The summed E-state index contributed by atoms with van der Waals surface area (Å²) >= 11 is 0. The molecule has 0 spiro atoms. The molecule has 0 saturated heterocycles. The van der Waals surface area contributed by atoms with E-state index in [0.717, 1.165) is 17.1 Å². The van der Waals surface area contributed by atoms with Crippen molar-refractivity contribution in [2.24, 2.45) is 0 Å². The molecule has 7 aromatic rings. The molecule has 0 amide bonds. The third kappa shape index (κ3) is 2.70. The summed E-state index contributed by atoms with van der Waals surface area (Å²) in [7, 11) is 0.